The summed E-state index contributed by atoms with van der Waals surface area (Å²) in [5, 5.41) is 1.71. The zero-order valence-corrected chi connectivity index (χ0v) is 6.27. The molecule has 1 heterocycles. The van der Waals surface area contributed by atoms with E-state index in [1.807, 2.05) is 6.92 Å². The highest BCUT2D eigenvalue weighted by Crippen LogP contribution is 2.12. The summed E-state index contributed by atoms with van der Waals surface area (Å²) in [7, 11) is 0. The molecule has 0 aromatic carbocycles. The van der Waals surface area contributed by atoms with Crippen LogP contribution in [0.25, 0.3) is 0 Å². The van der Waals surface area contributed by atoms with Crippen molar-refractivity contribution in [3.8, 4) is 0 Å². The van der Waals surface area contributed by atoms with E-state index in [9.17, 15) is 4.79 Å². The maximum absolute atomic E-state index is 10.7. The molecule has 0 saturated carbocycles. The normalized spacial score (nSPS) is 9.40. The van der Waals surface area contributed by atoms with Crippen LogP contribution in [0.3, 0.4) is 0 Å². The Balaban J connectivity index is 2.85. The third-order valence-corrected chi connectivity index (χ3v) is 1.93. The van der Waals surface area contributed by atoms with Gasteiger partial charge in [0.05, 0.1) is 5.56 Å². The lowest BCUT2D eigenvalue weighted by Gasteiger charge is -1.89. The number of carbonyl (C=O) groups is 1. The highest BCUT2D eigenvalue weighted by Gasteiger charge is 2.05. The molecule has 3 nitrogen and oxygen atoms in total. The third-order valence-electron chi connectivity index (χ3n) is 1.07. The summed E-state index contributed by atoms with van der Waals surface area (Å²) < 4.78 is 0. The zero-order valence-electron chi connectivity index (χ0n) is 5.46. The first-order chi connectivity index (χ1) is 4.74. The number of aryl methyl sites for hydroxylation is 1. The minimum absolute atomic E-state index is 0.482. The molecule has 1 aromatic rings. The van der Waals surface area contributed by atoms with Crippen LogP contribution < -0.4 is 5.90 Å². The largest absolute Gasteiger partial charge is 0.370 e. The van der Waals surface area contributed by atoms with Crippen molar-refractivity contribution in [2.75, 3.05) is 0 Å². The van der Waals surface area contributed by atoms with E-state index in [1.54, 1.807) is 11.4 Å². The molecule has 2 N–H and O–H groups in total. The van der Waals surface area contributed by atoms with Gasteiger partial charge in [0.15, 0.2) is 0 Å². The number of nitrogens with two attached hydrogens (primary N) is 1. The van der Waals surface area contributed by atoms with Gasteiger partial charge in [0.25, 0.3) is 0 Å². The molecule has 1 aromatic heterocycles. The van der Waals surface area contributed by atoms with Gasteiger partial charge < -0.3 is 4.84 Å². The van der Waals surface area contributed by atoms with Gasteiger partial charge in [-0.05, 0) is 13.0 Å². The molecule has 0 aliphatic rings. The molecule has 0 saturated heterocycles. The molecule has 1 rings (SSSR count). The first-order valence-corrected chi connectivity index (χ1v) is 3.58. The second-order valence-electron chi connectivity index (χ2n) is 1.85. The van der Waals surface area contributed by atoms with Gasteiger partial charge in [-0.25, -0.2) is 4.79 Å². The van der Waals surface area contributed by atoms with Crippen LogP contribution >= 0.6 is 11.3 Å². The van der Waals surface area contributed by atoms with Crippen molar-refractivity contribution in [3.05, 3.63) is 21.9 Å². The minimum Gasteiger partial charge on any atom is -0.370 e. The van der Waals surface area contributed by atoms with Crippen molar-refractivity contribution in [3.63, 3.8) is 0 Å². The van der Waals surface area contributed by atoms with Gasteiger partial charge in [0.2, 0.25) is 0 Å². The molecular weight excluding hydrogens is 150 g/mol. The van der Waals surface area contributed by atoms with Gasteiger partial charge in [0.1, 0.15) is 0 Å². The standard InChI is InChI=1S/C6H7NO2S/c1-4-2-5(3-10-4)6(8)9-7/h2-3H,7H2,1H3. The number of rotatable bonds is 1. The average Bonchev–Trinajstić information content (AvgIpc) is 2.34. The lowest BCUT2D eigenvalue weighted by atomic mass is 10.3. The van der Waals surface area contributed by atoms with E-state index in [4.69, 9.17) is 0 Å². The van der Waals surface area contributed by atoms with E-state index in [2.05, 4.69) is 10.7 Å². The lowest BCUT2D eigenvalue weighted by molar-refractivity contribution is 0.0504. The van der Waals surface area contributed by atoms with Gasteiger partial charge >= 0.3 is 5.97 Å². The van der Waals surface area contributed by atoms with Crippen molar-refractivity contribution < 1.29 is 9.63 Å². The van der Waals surface area contributed by atoms with Crippen LogP contribution in [0, 0.1) is 6.92 Å². The maximum Gasteiger partial charge on any atom is 0.357 e. The van der Waals surface area contributed by atoms with Crippen LogP contribution in [0.5, 0.6) is 0 Å². The summed E-state index contributed by atoms with van der Waals surface area (Å²) in [6.07, 6.45) is 0. The molecule has 0 amide bonds. The van der Waals surface area contributed by atoms with Crippen LogP contribution in [0.1, 0.15) is 15.2 Å². The number of carbonyl (C=O) groups excluding carboxylic acids is 1. The van der Waals surface area contributed by atoms with E-state index in [0.717, 1.165) is 4.88 Å². The highest BCUT2D eigenvalue weighted by atomic mass is 32.1. The van der Waals surface area contributed by atoms with Crippen molar-refractivity contribution in [2.24, 2.45) is 5.90 Å². The Morgan fingerprint density at radius 1 is 1.80 bits per heavy atom. The molecule has 0 spiro atoms. The molecular formula is C6H7NO2S. The number of hydrogen-bond acceptors (Lipinski definition) is 4. The minimum atomic E-state index is -0.482. The van der Waals surface area contributed by atoms with Crippen molar-refractivity contribution in [2.45, 2.75) is 6.92 Å². The first kappa shape index (κ1) is 7.24. The number of hydrogen-bond donors (Lipinski definition) is 1. The van der Waals surface area contributed by atoms with Crippen molar-refractivity contribution in [1.29, 1.82) is 0 Å². The van der Waals surface area contributed by atoms with E-state index in [-0.39, 0.29) is 0 Å². The molecule has 0 aliphatic heterocycles. The van der Waals surface area contributed by atoms with Crippen LogP contribution in [0.15, 0.2) is 11.4 Å². The van der Waals surface area contributed by atoms with Crippen molar-refractivity contribution in [1.82, 2.24) is 0 Å². The predicted molar refractivity (Wildman–Crippen MR) is 38.7 cm³/mol. The molecule has 0 atom stereocenters. The Bertz CT molecular complexity index is 244. The third kappa shape index (κ3) is 1.34. The Labute approximate surface area is 62.4 Å². The fourth-order valence-electron chi connectivity index (χ4n) is 0.619. The highest BCUT2D eigenvalue weighted by molar-refractivity contribution is 7.10. The summed E-state index contributed by atoms with van der Waals surface area (Å²) >= 11 is 1.49. The molecule has 0 fully saturated rings. The lowest BCUT2D eigenvalue weighted by Crippen LogP contribution is -2.08. The van der Waals surface area contributed by atoms with Gasteiger partial charge in [-0.3, -0.25) is 0 Å². The molecule has 0 aliphatic carbocycles. The monoisotopic (exact) mass is 157 g/mol. The van der Waals surface area contributed by atoms with Crippen LogP contribution in [-0.4, -0.2) is 5.97 Å². The maximum atomic E-state index is 10.7. The molecule has 10 heavy (non-hydrogen) atoms. The van der Waals surface area contributed by atoms with Gasteiger partial charge in [0, 0.05) is 10.3 Å². The van der Waals surface area contributed by atoms with Crippen LogP contribution in [0.4, 0.5) is 0 Å². The van der Waals surface area contributed by atoms with Gasteiger partial charge in [-0.2, -0.15) is 5.90 Å². The summed E-state index contributed by atoms with van der Waals surface area (Å²) in [5.41, 5.74) is 0.519. The van der Waals surface area contributed by atoms with E-state index < -0.39 is 5.97 Å². The Morgan fingerprint density at radius 3 is 2.90 bits per heavy atom. The Kier molecular flexibility index (Phi) is 2.03. The Hall–Kier alpha value is -0.870. The predicted octanol–water partition coefficient (Wildman–Crippen LogP) is 1.09. The average molecular weight is 157 g/mol. The van der Waals surface area contributed by atoms with Gasteiger partial charge in [-0.1, -0.05) is 0 Å². The second kappa shape index (κ2) is 2.81. The summed E-state index contributed by atoms with van der Waals surface area (Å²) in [4.78, 5) is 15.8. The summed E-state index contributed by atoms with van der Waals surface area (Å²) in [6, 6.07) is 1.74. The first-order valence-electron chi connectivity index (χ1n) is 2.70. The molecule has 0 unspecified atom stereocenters. The molecule has 54 valence electrons. The SMILES string of the molecule is Cc1cc(C(=O)ON)cs1. The summed E-state index contributed by atoms with van der Waals surface area (Å²) in [5.74, 6) is 4.19. The van der Waals surface area contributed by atoms with Crippen molar-refractivity contribution >= 4 is 17.3 Å². The van der Waals surface area contributed by atoms with E-state index in [0.29, 0.717) is 5.56 Å². The van der Waals surface area contributed by atoms with Crippen LogP contribution in [-0.2, 0) is 4.84 Å². The quantitative estimate of drug-likeness (QED) is 0.621. The fraction of sp³-hybridized carbons (Fsp3) is 0.167. The molecule has 0 bridgehead atoms. The van der Waals surface area contributed by atoms with Gasteiger partial charge in [-0.15, -0.1) is 11.3 Å². The number of thiophene rings is 1. The zero-order chi connectivity index (χ0) is 7.56. The molecule has 0 radical (unpaired) electrons. The smallest absolute Gasteiger partial charge is 0.357 e. The molecule has 4 heteroatoms. The topological polar surface area (TPSA) is 52.3 Å². The Morgan fingerprint density at radius 2 is 2.50 bits per heavy atom. The second-order valence-corrected chi connectivity index (χ2v) is 2.97. The fourth-order valence-corrected chi connectivity index (χ4v) is 1.29. The van der Waals surface area contributed by atoms with E-state index >= 15 is 0 Å². The summed E-state index contributed by atoms with van der Waals surface area (Å²) in [6.45, 7) is 1.91. The van der Waals surface area contributed by atoms with E-state index in [1.165, 1.54) is 11.3 Å². The van der Waals surface area contributed by atoms with Crippen LogP contribution in [0.2, 0.25) is 0 Å².